The van der Waals surface area contributed by atoms with E-state index in [1.807, 2.05) is 6.92 Å². The Balaban J connectivity index is 2.04. The summed E-state index contributed by atoms with van der Waals surface area (Å²) in [5, 5.41) is 16.4. The van der Waals surface area contributed by atoms with Gasteiger partial charge in [0.15, 0.2) is 0 Å². The number of hydrogen-bond donors (Lipinski definition) is 2. The molecule has 0 saturated heterocycles. The highest BCUT2D eigenvalue weighted by atomic mass is 32.2. The molecule has 1 aromatic heterocycles. The van der Waals surface area contributed by atoms with Gasteiger partial charge in [-0.05, 0) is 26.2 Å². The van der Waals surface area contributed by atoms with Crippen LogP contribution in [0.3, 0.4) is 0 Å². The molecule has 10 heteroatoms. The van der Waals surface area contributed by atoms with Gasteiger partial charge in [-0.1, -0.05) is 31.2 Å². The molecule has 0 radical (unpaired) electrons. The van der Waals surface area contributed by atoms with Gasteiger partial charge >= 0.3 is 5.63 Å². The molecule has 2 unspecified atom stereocenters. The first-order chi connectivity index (χ1) is 15.5. The number of nitrogens with zero attached hydrogens (tertiary/aromatic N) is 2. The lowest BCUT2D eigenvalue weighted by Gasteiger charge is -2.19. The van der Waals surface area contributed by atoms with Crippen molar-refractivity contribution in [2.24, 2.45) is 10.1 Å². The standard InChI is InChI=1S/C22H31N3O6S/c1-4-8-17(19-12-16(29-10-5-2)13-20(27)31-19)23-21(28)18-14-32-22(24-18)15(3)25-30-11-7-6-9-26/h5,12-13,17-18,26H,2,4,6-11,14H2,1,3H3,(H,23,28)/b25-15+. The number of thioether (sulfide) groups is 1. The van der Waals surface area contributed by atoms with E-state index in [4.69, 9.17) is 19.1 Å². The lowest BCUT2D eigenvalue weighted by Crippen LogP contribution is -2.37. The number of carbonyl (C=O) groups excluding carboxylic acids is 1. The van der Waals surface area contributed by atoms with Crippen LogP contribution in [0.2, 0.25) is 0 Å². The van der Waals surface area contributed by atoms with Crippen LogP contribution in [-0.4, -0.2) is 53.4 Å². The van der Waals surface area contributed by atoms with E-state index in [0.29, 0.717) is 53.9 Å². The molecule has 0 bridgehead atoms. The number of nitrogens with one attached hydrogen (secondary N) is 1. The van der Waals surface area contributed by atoms with E-state index in [0.717, 1.165) is 6.42 Å². The van der Waals surface area contributed by atoms with Gasteiger partial charge in [0.05, 0.1) is 12.1 Å². The average Bonchev–Trinajstić information content (AvgIpc) is 3.27. The lowest BCUT2D eigenvalue weighted by molar-refractivity contribution is -0.122. The third-order valence-corrected chi connectivity index (χ3v) is 5.63. The molecule has 0 spiro atoms. The lowest BCUT2D eigenvalue weighted by atomic mass is 10.1. The summed E-state index contributed by atoms with van der Waals surface area (Å²) in [6.45, 7) is 8.16. The molecule has 176 valence electrons. The average molecular weight is 466 g/mol. The first kappa shape index (κ1) is 25.7. The number of oxime groups is 1. The monoisotopic (exact) mass is 465 g/mol. The van der Waals surface area contributed by atoms with Crippen molar-refractivity contribution in [1.29, 1.82) is 0 Å². The molecule has 1 amide bonds. The topological polar surface area (TPSA) is 123 Å². The zero-order valence-corrected chi connectivity index (χ0v) is 19.4. The second kappa shape index (κ2) is 13.7. The van der Waals surface area contributed by atoms with Gasteiger partial charge < -0.3 is 24.4 Å². The highest BCUT2D eigenvalue weighted by Gasteiger charge is 2.29. The molecule has 2 atom stereocenters. The zero-order chi connectivity index (χ0) is 23.3. The maximum Gasteiger partial charge on any atom is 0.339 e. The Labute approximate surface area is 192 Å². The minimum Gasteiger partial charge on any atom is -0.489 e. The maximum atomic E-state index is 12.9. The van der Waals surface area contributed by atoms with Gasteiger partial charge in [0, 0.05) is 18.4 Å². The Bertz CT molecular complexity index is 883. The number of ether oxygens (including phenoxy) is 1. The summed E-state index contributed by atoms with van der Waals surface area (Å²) in [5.41, 5.74) is 0.0666. The second-order valence-electron chi connectivity index (χ2n) is 7.17. The number of carbonyl (C=O) groups is 1. The molecular weight excluding hydrogens is 434 g/mol. The van der Waals surface area contributed by atoms with Crippen LogP contribution in [0, 0.1) is 0 Å². The van der Waals surface area contributed by atoms with Gasteiger partial charge in [-0.25, -0.2) is 4.79 Å². The summed E-state index contributed by atoms with van der Waals surface area (Å²) in [6, 6.07) is 1.84. The summed E-state index contributed by atoms with van der Waals surface area (Å²) < 4.78 is 10.8. The first-order valence-electron chi connectivity index (χ1n) is 10.7. The molecule has 1 aromatic rings. The maximum absolute atomic E-state index is 12.9. The zero-order valence-electron chi connectivity index (χ0n) is 18.5. The van der Waals surface area contributed by atoms with Crippen LogP contribution in [0.1, 0.15) is 51.3 Å². The number of aliphatic hydroxyl groups is 1. The van der Waals surface area contributed by atoms with Gasteiger partial charge in [-0.2, -0.15) is 0 Å². The summed E-state index contributed by atoms with van der Waals surface area (Å²) in [4.78, 5) is 34.5. The van der Waals surface area contributed by atoms with Crippen molar-refractivity contribution in [3.05, 3.63) is 41.0 Å². The van der Waals surface area contributed by atoms with Crippen molar-refractivity contribution in [1.82, 2.24) is 5.32 Å². The number of rotatable bonds is 14. The summed E-state index contributed by atoms with van der Waals surface area (Å²) >= 11 is 1.44. The summed E-state index contributed by atoms with van der Waals surface area (Å²) in [5.74, 6) is 0.955. The quantitative estimate of drug-likeness (QED) is 0.187. The minimum atomic E-state index is -0.569. The van der Waals surface area contributed by atoms with Crippen LogP contribution in [-0.2, 0) is 9.63 Å². The van der Waals surface area contributed by atoms with E-state index in [9.17, 15) is 9.59 Å². The van der Waals surface area contributed by atoms with E-state index in [1.54, 1.807) is 19.1 Å². The number of hydrogen-bond acceptors (Lipinski definition) is 9. The molecule has 2 heterocycles. The van der Waals surface area contributed by atoms with E-state index >= 15 is 0 Å². The Kier molecular flexibility index (Phi) is 11.0. The van der Waals surface area contributed by atoms with Crippen LogP contribution in [0.15, 0.2) is 44.1 Å². The van der Waals surface area contributed by atoms with Crippen LogP contribution in [0.4, 0.5) is 0 Å². The molecule has 0 fully saturated rings. The number of unbranched alkanes of at least 4 members (excludes halogenated alkanes) is 1. The molecule has 2 rings (SSSR count). The van der Waals surface area contributed by atoms with Crippen molar-refractivity contribution in [2.75, 3.05) is 25.6 Å². The fourth-order valence-corrected chi connectivity index (χ4v) is 3.88. The summed E-state index contributed by atoms with van der Waals surface area (Å²) in [7, 11) is 0. The fraction of sp³-hybridized carbons (Fsp3) is 0.545. The third-order valence-electron chi connectivity index (χ3n) is 4.48. The smallest absolute Gasteiger partial charge is 0.339 e. The first-order valence-corrected chi connectivity index (χ1v) is 11.6. The predicted molar refractivity (Wildman–Crippen MR) is 126 cm³/mol. The molecule has 1 aliphatic rings. The minimum absolute atomic E-state index is 0.125. The van der Waals surface area contributed by atoms with Crippen LogP contribution >= 0.6 is 11.8 Å². The highest BCUT2D eigenvalue weighted by Crippen LogP contribution is 2.24. The fourth-order valence-electron chi connectivity index (χ4n) is 2.89. The van der Waals surface area contributed by atoms with Crippen LogP contribution < -0.4 is 15.7 Å². The van der Waals surface area contributed by atoms with Crippen LogP contribution in [0.25, 0.3) is 0 Å². The normalized spacial score (nSPS) is 16.9. The molecule has 0 saturated carbocycles. The summed E-state index contributed by atoms with van der Waals surface area (Å²) in [6.07, 6.45) is 4.33. The van der Waals surface area contributed by atoms with E-state index in [2.05, 4.69) is 22.0 Å². The number of aliphatic hydroxyl groups excluding tert-OH is 1. The predicted octanol–water partition coefficient (Wildman–Crippen LogP) is 2.84. The van der Waals surface area contributed by atoms with E-state index in [1.165, 1.54) is 17.8 Å². The second-order valence-corrected chi connectivity index (χ2v) is 8.17. The molecule has 0 aliphatic carbocycles. The van der Waals surface area contributed by atoms with Crippen LogP contribution in [0.5, 0.6) is 5.75 Å². The Morgan fingerprint density at radius 1 is 1.50 bits per heavy atom. The molecule has 0 aromatic carbocycles. The molecular formula is C22H31N3O6S. The van der Waals surface area contributed by atoms with Crippen molar-refractivity contribution >= 4 is 28.4 Å². The van der Waals surface area contributed by atoms with E-state index < -0.39 is 17.7 Å². The molecule has 2 N–H and O–H groups in total. The van der Waals surface area contributed by atoms with Crippen molar-refractivity contribution < 1.29 is 23.9 Å². The van der Waals surface area contributed by atoms with Gasteiger partial charge in [0.1, 0.15) is 41.5 Å². The van der Waals surface area contributed by atoms with Gasteiger partial charge in [0.2, 0.25) is 5.91 Å². The Hall–Kier alpha value is -2.59. The SMILES string of the molecule is C=CCOc1cc(C(CCC)NC(=O)C2CSC(/C(C)=N/OCCCCO)=N2)oc(=O)c1. The Morgan fingerprint density at radius 2 is 2.31 bits per heavy atom. The van der Waals surface area contributed by atoms with Gasteiger partial charge in [0.25, 0.3) is 0 Å². The van der Waals surface area contributed by atoms with Crippen molar-refractivity contribution in [3.63, 3.8) is 0 Å². The van der Waals surface area contributed by atoms with Gasteiger partial charge in [-0.3, -0.25) is 9.79 Å². The van der Waals surface area contributed by atoms with E-state index in [-0.39, 0.29) is 19.1 Å². The highest BCUT2D eigenvalue weighted by molar-refractivity contribution is 8.16. The Morgan fingerprint density at radius 3 is 3.03 bits per heavy atom. The number of aliphatic imine (C=N–C) groups is 1. The molecule has 32 heavy (non-hydrogen) atoms. The molecule has 1 aliphatic heterocycles. The largest absolute Gasteiger partial charge is 0.489 e. The third kappa shape index (κ3) is 8.16. The van der Waals surface area contributed by atoms with Crippen molar-refractivity contribution in [3.8, 4) is 5.75 Å². The van der Waals surface area contributed by atoms with Gasteiger partial charge in [-0.15, -0.1) is 11.8 Å². The van der Waals surface area contributed by atoms with Crippen molar-refractivity contribution in [2.45, 2.75) is 51.6 Å². The number of amides is 1. The molecule has 9 nitrogen and oxygen atoms in total.